The minimum absolute atomic E-state index is 0. The Morgan fingerprint density at radius 1 is 1.33 bits per heavy atom. The Morgan fingerprint density at radius 2 is 1.95 bits per heavy atom. The van der Waals surface area contributed by atoms with Gasteiger partial charge in [-0.1, -0.05) is 30.5 Å². The lowest BCUT2D eigenvalue weighted by molar-refractivity contribution is 0.399. The topological polar surface area (TPSA) is 72.2 Å². The van der Waals surface area contributed by atoms with Crippen LogP contribution in [0, 0.1) is 5.82 Å². The van der Waals surface area contributed by atoms with Gasteiger partial charge in [0, 0.05) is 12.1 Å². The quantitative estimate of drug-likeness (QED) is 0.851. The lowest BCUT2D eigenvalue weighted by atomic mass is 10.0. The van der Waals surface area contributed by atoms with Gasteiger partial charge in [-0.15, -0.1) is 12.4 Å². The smallest absolute Gasteiger partial charge is 0.216 e. The zero-order valence-electron chi connectivity index (χ0n) is 11.4. The van der Waals surface area contributed by atoms with E-state index in [0.29, 0.717) is 5.56 Å². The normalized spacial score (nSPS) is 17.5. The third kappa shape index (κ3) is 4.79. The SMILES string of the molecule is Cl.NCC1(NS(=O)(=O)Cc2ccc(F)c(Cl)c2)CCCC1. The highest BCUT2D eigenvalue weighted by atomic mass is 35.5. The van der Waals surface area contributed by atoms with Crippen LogP contribution in [0.25, 0.3) is 0 Å². The standard InChI is InChI=1S/C13H18ClFN2O2S.ClH/c14-11-7-10(3-4-12(11)15)8-20(18,19)17-13(9-16)5-1-2-6-13;/h3-4,7,17H,1-2,5-6,8-9,16H2;1H. The number of benzene rings is 1. The van der Waals surface area contributed by atoms with Crippen LogP contribution < -0.4 is 10.5 Å². The first kappa shape index (κ1) is 18.6. The summed E-state index contributed by atoms with van der Waals surface area (Å²) in [6.07, 6.45) is 3.46. The number of nitrogens with two attached hydrogens (primary N) is 1. The lowest BCUT2D eigenvalue weighted by Gasteiger charge is -2.28. The molecule has 1 aromatic rings. The molecule has 0 bridgehead atoms. The molecule has 1 aliphatic carbocycles. The maximum absolute atomic E-state index is 13.1. The molecule has 0 amide bonds. The summed E-state index contributed by atoms with van der Waals surface area (Å²) in [5.74, 6) is -0.788. The molecule has 1 aromatic carbocycles. The number of sulfonamides is 1. The van der Waals surface area contributed by atoms with Gasteiger partial charge in [0.25, 0.3) is 0 Å². The van der Waals surface area contributed by atoms with E-state index in [4.69, 9.17) is 17.3 Å². The van der Waals surface area contributed by atoms with Gasteiger partial charge in [-0.3, -0.25) is 0 Å². The van der Waals surface area contributed by atoms with Crippen LogP contribution in [0.15, 0.2) is 18.2 Å². The van der Waals surface area contributed by atoms with E-state index in [0.717, 1.165) is 25.7 Å². The van der Waals surface area contributed by atoms with Crippen molar-refractivity contribution in [1.82, 2.24) is 4.72 Å². The van der Waals surface area contributed by atoms with Crippen LogP contribution in [0.4, 0.5) is 4.39 Å². The second-order valence-electron chi connectivity index (χ2n) is 5.30. The van der Waals surface area contributed by atoms with Gasteiger partial charge in [0.2, 0.25) is 10.0 Å². The van der Waals surface area contributed by atoms with Gasteiger partial charge in [-0.25, -0.2) is 17.5 Å². The summed E-state index contributed by atoms with van der Waals surface area (Å²) in [5, 5.41) is -0.0768. The molecule has 0 aliphatic heterocycles. The highest BCUT2D eigenvalue weighted by Crippen LogP contribution is 2.30. The Hall–Kier alpha value is -0.400. The molecule has 8 heteroatoms. The summed E-state index contributed by atoms with van der Waals surface area (Å²) in [7, 11) is -3.53. The van der Waals surface area contributed by atoms with Gasteiger partial charge in [0.05, 0.1) is 10.8 Å². The number of halogens is 3. The fourth-order valence-electron chi connectivity index (χ4n) is 2.61. The maximum Gasteiger partial charge on any atom is 0.216 e. The van der Waals surface area contributed by atoms with E-state index in [9.17, 15) is 12.8 Å². The number of nitrogens with one attached hydrogen (secondary N) is 1. The second-order valence-corrected chi connectivity index (χ2v) is 7.43. The highest BCUT2D eigenvalue weighted by molar-refractivity contribution is 7.88. The first-order valence-electron chi connectivity index (χ1n) is 6.51. The van der Waals surface area contributed by atoms with Crippen LogP contribution in [0.5, 0.6) is 0 Å². The molecule has 3 N–H and O–H groups in total. The van der Waals surface area contributed by atoms with Crippen molar-refractivity contribution < 1.29 is 12.8 Å². The van der Waals surface area contributed by atoms with Crippen molar-refractivity contribution >= 4 is 34.0 Å². The minimum Gasteiger partial charge on any atom is -0.329 e. The molecule has 4 nitrogen and oxygen atoms in total. The van der Waals surface area contributed by atoms with Crippen molar-refractivity contribution in [3.8, 4) is 0 Å². The first-order valence-corrected chi connectivity index (χ1v) is 8.54. The fraction of sp³-hybridized carbons (Fsp3) is 0.538. The zero-order valence-corrected chi connectivity index (χ0v) is 13.8. The fourth-order valence-corrected chi connectivity index (χ4v) is 4.46. The van der Waals surface area contributed by atoms with E-state index < -0.39 is 21.4 Å². The Balaban J connectivity index is 0.00000220. The monoisotopic (exact) mass is 356 g/mol. The zero-order chi connectivity index (χ0) is 14.8. The molecule has 0 radical (unpaired) electrons. The van der Waals surface area contributed by atoms with Gasteiger partial charge in [0.1, 0.15) is 5.82 Å². The molecule has 1 fully saturated rings. The molecule has 0 saturated heterocycles. The number of hydrogen-bond donors (Lipinski definition) is 2. The van der Waals surface area contributed by atoms with E-state index in [1.807, 2.05) is 0 Å². The summed E-state index contributed by atoms with van der Waals surface area (Å²) in [6.45, 7) is 0.288. The van der Waals surface area contributed by atoms with Crippen LogP contribution in [0.1, 0.15) is 31.2 Å². The summed E-state index contributed by atoms with van der Waals surface area (Å²) in [5.41, 5.74) is 5.64. The van der Waals surface area contributed by atoms with Gasteiger partial charge >= 0.3 is 0 Å². The van der Waals surface area contributed by atoms with Gasteiger partial charge in [-0.2, -0.15) is 0 Å². The van der Waals surface area contributed by atoms with Crippen LogP contribution in [0.2, 0.25) is 5.02 Å². The molecular formula is C13H19Cl2FN2O2S. The molecular weight excluding hydrogens is 338 g/mol. The third-order valence-electron chi connectivity index (χ3n) is 3.66. The second kappa shape index (κ2) is 7.24. The minimum atomic E-state index is -3.53. The van der Waals surface area contributed by atoms with Crippen molar-refractivity contribution in [3.63, 3.8) is 0 Å². The molecule has 1 saturated carbocycles. The van der Waals surface area contributed by atoms with E-state index in [-0.39, 0.29) is 29.7 Å². The summed E-state index contributed by atoms with van der Waals surface area (Å²) in [6, 6.07) is 3.92. The number of hydrogen-bond acceptors (Lipinski definition) is 3. The van der Waals surface area contributed by atoms with E-state index >= 15 is 0 Å². The predicted molar refractivity (Wildman–Crippen MR) is 84.7 cm³/mol. The Labute approximate surface area is 135 Å². The Kier molecular flexibility index (Phi) is 6.43. The van der Waals surface area contributed by atoms with Crippen LogP contribution in [0.3, 0.4) is 0 Å². The van der Waals surface area contributed by atoms with Gasteiger partial charge in [0.15, 0.2) is 0 Å². The van der Waals surface area contributed by atoms with Gasteiger partial charge < -0.3 is 5.73 Å². The molecule has 0 spiro atoms. The first-order chi connectivity index (χ1) is 9.36. The van der Waals surface area contributed by atoms with E-state index in [1.165, 1.54) is 18.2 Å². The van der Waals surface area contributed by atoms with E-state index in [1.54, 1.807) is 0 Å². The average Bonchev–Trinajstić information content (AvgIpc) is 2.82. The highest BCUT2D eigenvalue weighted by Gasteiger charge is 2.36. The molecule has 0 aromatic heterocycles. The molecule has 0 atom stereocenters. The van der Waals surface area contributed by atoms with E-state index in [2.05, 4.69) is 4.72 Å². The molecule has 0 unspecified atom stereocenters. The molecule has 1 aliphatic rings. The average molecular weight is 357 g/mol. The van der Waals surface area contributed by atoms with Crippen molar-refractivity contribution in [1.29, 1.82) is 0 Å². The summed E-state index contributed by atoms with van der Waals surface area (Å²) < 4.78 is 40.2. The largest absolute Gasteiger partial charge is 0.329 e. The third-order valence-corrected chi connectivity index (χ3v) is 5.41. The van der Waals surface area contributed by atoms with Crippen molar-refractivity contribution in [3.05, 3.63) is 34.6 Å². The summed E-state index contributed by atoms with van der Waals surface area (Å²) >= 11 is 5.66. The molecule has 120 valence electrons. The van der Waals surface area contributed by atoms with Crippen LogP contribution in [-0.2, 0) is 15.8 Å². The predicted octanol–water partition coefficient (Wildman–Crippen LogP) is 2.59. The van der Waals surface area contributed by atoms with Crippen molar-refractivity contribution in [2.24, 2.45) is 5.73 Å². The molecule has 2 rings (SSSR count). The molecule has 21 heavy (non-hydrogen) atoms. The Morgan fingerprint density at radius 3 is 2.48 bits per heavy atom. The maximum atomic E-state index is 13.1. The Bertz CT molecular complexity index is 590. The summed E-state index contributed by atoms with van der Waals surface area (Å²) in [4.78, 5) is 0. The van der Waals surface area contributed by atoms with Crippen LogP contribution >= 0.6 is 24.0 Å². The number of rotatable bonds is 5. The van der Waals surface area contributed by atoms with Gasteiger partial charge in [-0.05, 0) is 30.5 Å². The van der Waals surface area contributed by atoms with Crippen molar-refractivity contribution in [2.45, 2.75) is 37.0 Å². The lowest BCUT2D eigenvalue weighted by Crippen LogP contribution is -2.51. The van der Waals surface area contributed by atoms with Crippen molar-refractivity contribution in [2.75, 3.05) is 6.54 Å². The molecule has 0 heterocycles. The van der Waals surface area contributed by atoms with Crippen LogP contribution in [-0.4, -0.2) is 20.5 Å².